The molecule has 0 radical (unpaired) electrons. The monoisotopic (exact) mass is 470 g/mol. The number of benzene rings is 3. The second-order valence-electron chi connectivity index (χ2n) is 7.80. The van der Waals surface area contributed by atoms with Gasteiger partial charge in [-0.1, -0.05) is 29.8 Å². The fourth-order valence-electron chi connectivity index (χ4n) is 3.99. The van der Waals surface area contributed by atoms with Crippen LogP contribution in [0.1, 0.15) is 45.0 Å². The summed E-state index contributed by atoms with van der Waals surface area (Å²) >= 11 is 6.34. The zero-order valence-electron chi connectivity index (χ0n) is 16.8. The molecule has 0 atom stereocenters. The summed E-state index contributed by atoms with van der Waals surface area (Å²) in [6.07, 6.45) is 1.79. The largest absolute Gasteiger partial charge is 0.478 e. The van der Waals surface area contributed by atoms with Gasteiger partial charge < -0.3 is 5.11 Å². The number of carbonyl (C=O) groups is 2. The molecule has 0 unspecified atom stereocenters. The van der Waals surface area contributed by atoms with Gasteiger partial charge in [-0.3, -0.25) is 4.79 Å². The zero-order valence-corrected chi connectivity index (χ0v) is 17.5. The maximum absolute atomic E-state index is 14.8. The highest BCUT2D eigenvalue weighted by Crippen LogP contribution is 2.43. The summed E-state index contributed by atoms with van der Waals surface area (Å²) in [7, 11) is 0. The van der Waals surface area contributed by atoms with Crippen LogP contribution in [0.5, 0.6) is 0 Å². The number of halogens is 4. The molecule has 9 heteroatoms. The molecular formula is C24H14ClF3N2O3. The van der Waals surface area contributed by atoms with Gasteiger partial charge in [0.05, 0.1) is 32.6 Å². The maximum Gasteiger partial charge on any atom is 0.335 e. The Morgan fingerprint density at radius 1 is 1.00 bits per heavy atom. The van der Waals surface area contributed by atoms with E-state index in [4.69, 9.17) is 16.7 Å². The molecule has 4 aromatic rings. The summed E-state index contributed by atoms with van der Waals surface area (Å²) in [6.45, 7) is 0. The molecule has 0 bridgehead atoms. The van der Waals surface area contributed by atoms with Crippen molar-refractivity contribution in [2.75, 3.05) is 0 Å². The van der Waals surface area contributed by atoms with Crippen LogP contribution in [-0.2, 0) is 0 Å². The van der Waals surface area contributed by atoms with Crippen LogP contribution in [-0.4, -0.2) is 26.8 Å². The minimum atomic E-state index is -1.53. The van der Waals surface area contributed by atoms with Crippen molar-refractivity contribution in [3.05, 3.63) is 87.7 Å². The van der Waals surface area contributed by atoms with Crippen molar-refractivity contribution in [3.63, 3.8) is 0 Å². The van der Waals surface area contributed by atoms with Gasteiger partial charge in [-0.05, 0) is 54.7 Å². The van der Waals surface area contributed by atoms with Gasteiger partial charge in [0.2, 0.25) is 0 Å². The first kappa shape index (κ1) is 21.2. The molecule has 0 amide bonds. The first-order chi connectivity index (χ1) is 15.8. The van der Waals surface area contributed by atoms with Crippen molar-refractivity contribution in [2.24, 2.45) is 0 Å². The highest BCUT2D eigenvalue weighted by Gasteiger charge is 2.32. The number of hydrogen-bond acceptors (Lipinski definition) is 3. The molecule has 3 aromatic carbocycles. The summed E-state index contributed by atoms with van der Waals surface area (Å²) < 4.78 is 45.4. The molecule has 1 N–H and O–H groups in total. The maximum atomic E-state index is 14.8. The summed E-state index contributed by atoms with van der Waals surface area (Å²) in [5.74, 6) is -5.35. The van der Waals surface area contributed by atoms with E-state index >= 15 is 0 Å². The van der Waals surface area contributed by atoms with Crippen LogP contribution in [0.15, 0.2) is 48.5 Å². The molecule has 0 spiro atoms. The average molecular weight is 471 g/mol. The van der Waals surface area contributed by atoms with E-state index in [0.717, 1.165) is 29.2 Å². The number of carbonyl (C=O) groups excluding carboxylic acids is 1. The van der Waals surface area contributed by atoms with Crippen LogP contribution < -0.4 is 0 Å². The molecule has 0 saturated heterocycles. The molecule has 33 heavy (non-hydrogen) atoms. The number of nitrogens with zero attached hydrogens (tertiary/aromatic N) is 2. The Bertz CT molecular complexity index is 1450. The summed E-state index contributed by atoms with van der Waals surface area (Å²) in [5.41, 5.74) is -0.870. The summed E-state index contributed by atoms with van der Waals surface area (Å²) in [5, 5.41) is 13.1. The molecule has 5 nitrogen and oxygen atoms in total. The van der Waals surface area contributed by atoms with Crippen LogP contribution in [0.4, 0.5) is 13.2 Å². The van der Waals surface area contributed by atoms with E-state index in [0.29, 0.717) is 12.1 Å². The van der Waals surface area contributed by atoms with Gasteiger partial charge in [0.1, 0.15) is 23.1 Å². The van der Waals surface area contributed by atoms with E-state index in [2.05, 4.69) is 5.10 Å². The fraction of sp³-hybridized carbons (Fsp3) is 0.125. The van der Waals surface area contributed by atoms with E-state index in [1.165, 1.54) is 12.1 Å². The van der Waals surface area contributed by atoms with Gasteiger partial charge in [0.25, 0.3) is 5.91 Å². The van der Waals surface area contributed by atoms with Crippen LogP contribution in [0, 0.1) is 17.5 Å². The van der Waals surface area contributed by atoms with Crippen molar-refractivity contribution in [1.29, 1.82) is 0 Å². The van der Waals surface area contributed by atoms with Crippen LogP contribution >= 0.6 is 11.6 Å². The molecular weight excluding hydrogens is 457 g/mol. The lowest BCUT2D eigenvalue weighted by Gasteiger charge is -2.10. The van der Waals surface area contributed by atoms with Crippen molar-refractivity contribution in [2.45, 2.75) is 18.8 Å². The molecule has 1 saturated carbocycles. The van der Waals surface area contributed by atoms with Crippen molar-refractivity contribution >= 4 is 34.4 Å². The minimum absolute atomic E-state index is 0.00206. The van der Waals surface area contributed by atoms with Crippen molar-refractivity contribution in [1.82, 2.24) is 9.78 Å². The number of carboxylic acid groups (broad SMARTS) is 1. The molecule has 1 fully saturated rings. The van der Waals surface area contributed by atoms with Gasteiger partial charge in [-0.25, -0.2) is 18.0 Å². The SMILES string of the molecule is O=C(O)c1cc(F)c(-c2nn(C(=O)c3c(Cl)cccc3C3CC3)c3cccc(F)c23)c(F)c1. The smallest absolute Gasteiger partial charge is 0.335 e. The Hall–Kier alpha value is -3.65. The Morgan fingerprint density at radius 2 is 1.67 bits per heavy atom. The zero-order chi connectivity index (χ0) is 23.4. The second-order valence-corrected chi connectivity index (χ2v) is 8.21. The van der Waals surface area contributed by atoms with Crippen molar-refractivity contribution < 1.29 is 27.9 Å². The topological polar surface area (TPSA) is 72.2 Å². The summed E-state index contributed by atoms with van der Waals surface area (Å²) in [4.78, 5) is 24.7. The lowest BCUT2D eigenvalue weighted by molar-refractivity contribution is 0.0695. The highest BCUT2D eigenvalue weighted by atomic mass is 35.5. The molecule has 1 aliphatic rings. The molecule has 1 heterocycles. The lowest BCUT2D eigenvalue weighted by atomic mass is 10.0. The van der Waals surface area contributed by atoms with E-state index in [1.54, 1.807) is 18.2 Å². The van der Waals surface area contributed by atoms with E-state index < -0.39 is 46.1 Å². The van der Waals surface area contributed by atoms with Gasteiger partial charge in [0, 0.05) is 0 Å². The number of hydrogen-bond donors (Lipinski definition) is 1. The Kier molecular flexibility index (Phi) is 4.97. The molecule has 0 aliphatic heterocycles. The average Bonchev–Trinajstić information content (AvgIpc) is 3.54. The predicted molar refractivity (Wildman–Crippen MR) is 115 cm³/mol. The normalized spacial score (nSPS) is 13.5. The third-order valence-electron chi connectivity index (χ3n) is 5.65. The molecule has 1 aromatic heterocycles. The number of aromatic nitrogens is 2. The minimum Gasteiger partial charge on any atom is -0.478 e. The third kappa shape index (κ3) is 3.47. The second kappa shape index (κ2) is 7.74. The van der Waals surface area contributed by atoms with Crippen LogP contribution in [0.3, 0.4) is 0 Å². The van der Waals surface area contributed by atoms with Crippen LogP contribution in [0.25, 0.3) is 22.2 Å². The van der Waals surface area contributed by atoms with Crippen molar-refractivity contribution in [3.8, 4) is 11.3 Å². The first-order valence-electron chi connectivity index (χ1n) is 10.0. The standard InChI is InChI=1S/C24H14ClF3N2O3/c25-14-4-1-3-13(11-7-8-11)19(14)23(31)30-18-6-2-5-15(26)21(18)22(29-30)20-16(27)9-12(24(32)33)10-17(20)28/h1-6,9-11H,7-8H2,(H,32,33). The number of rotatable bonds is 4. The van der Waals surface area contributed by atoms with Gasteiger partial charge in [-0.2, -0.15) is 9.78 Å². The highest BCUT2D eigenvalue weighted by molar-refractivity contribution is 6.34. The van der Waals surface area contributed by atoms with Gasteiger partial charge >= 0.3 is 5.97 Å². The predicted octanol–water partition coefficient (Wildman–Crippen LogP) is 6.04. The number of aromatic carboxylic acids is 1. The Morgan fingerprint density at radius 3 is 2.30 bits per heavy atom. The third-order valence-corrected chi connectivity index (χ3v) is 5.97. The van der Waals surface area contributed by atoms with Gasteiger partial charge in [-0.15, -0.1) is 0 Å². The molecule has 166 valence electrons. The molecule has 5 rings (SSSR count). The lowest BCUT2D eigenvalue weighted by Crippen LogP contribution is -2.16. The van der Waals surface area contributed by atoms with E-state index in [9.17, 15) is 22.8 Å². The van der Waals surface area contributed by atoms with E-state index in [1.807, 2.05) is 0 Å². The van der Waals surface area contributed by atoms with E-state index in [-0.39, 0.29) is 27.4 Å². The number of fused-ring (bicyclic) bond motifs is 1. The Balaban J connectivity index is 1.76. The quantitative estimate of drug-likeness (QED) is 0.395. The van der Waals surface area contributed by atoms with Crippen LogP contribution in [0.2, 0.25) is 5.02 Å². The molecule has 1 aliphatic carbocycles. The summed E-state index contributed by atoms with van der Waals surface area (Å²) in [6, 6.07) is 10.1. The Labute approximate surface area is 190 Å². The fourth-order valence-corrected chi connectivity index (χ4v) is 4.25. The van der Waals surface area contributed by atoms with Gasteiger partial charge in [0.15, 0.2) is 0 Å². The number of carboxylic acids is 1. The first-order valence-corrected chi connectivity index (χ1v) is 10.4.